The van der Waals surface area contributed by atoms with Crippen LogP contribution >= 0.6 is 27.3 Å². The molecule has 0 aliphatic carbocycles. The zero-order valence-corrected chi connectivity index (χ0v) is 20.2. The Hall–Kier alpha value is -3.29. The van der Waals surface area contributed by atoms with Gasteiger partial charge in [0.2, 0.25) is 0 Å². The largest absolute Gasteiger partial charge is 0.347 e. The van der Waals surface area contributed by atoms with Gasteiger partial charge < -0.3 is 10.2 Å². The Morgan fingerprint density at radius 1 is 0.848 bits per heavy atom. The number of rotatable bonds is 8. The third-order valence-corrected chi connectivity index (χ3v) is 6.54. The van der Waals surface area contributed by atoms with Gasteiger partial charge in [-0.2, -0.15) is 0 Å². The van der Waals surface area contributed by atoms with Crippen LogP contribution in [0.5, 0.6) is 0 Å². The number of benzene rings is 3. The predicted molar refractivity (Wildman–Crippen MR) is 134 cm³/mol. The Bertz CT molecular complexity index is 1230. The molecule has 0 saturated carbocycles. The van der Waals surface area contributed by atoms with Gasteiger partial charge in [-0.3, -0.25) is 9.59 Å². The van der Waals surface area contributed by atoms with E-state index in [0.717, 1.165) is 15.6 Å². The van der Waals surface area contributed by atoms with E-state index in [1.165, 1.54) is 11.3 Å². The molecule has 2 amide bonds. The second kappa shape index (κ2) is 11.0. The molecule has 5 nitrogen and oxygen atoms in total. The summed E-state index contributed by atoms with van der Waals surface area (Å²) in [5, 5.41) is 5.34. The minimum Gasteiger partial charge on any atom is -0.347 e. The zero-order valence-electron chi connectivity index (χ0n) is 17.8. The lowest BCUT2D eigenvalue weighted by Gasteiger charge is -2.22. The first-order valence-corrected chi connectivity index (χ1v) is 12.1. The van der Waals surface area contributed by atoms with Crippen molar-refractivity contribution in [1.82, 2.24) is 15.2 Å². The maximum atomic E-state index is 13.4. The topological polar surface area (TPSA) is 62.3 Å². The highest BCUT2D eigenvalue weighted by Gasteiger charge is 2.21. The molecule has 0 unspecified atom stereocenters. The highest BCUT2D eigenvalue weighted by atomic mass is 79.9. The molecule has 4 rings (SSSR count). The fraction of sp³-hybridized carbons (Fsp3) is 0.115. The Morgan fingerprint density at radius 2 is 1.48 bits per heavy atom. The molecular formula is C26H22BrN3O2S. The minimum absolute atomic E-state index is 0.100. The van der Waals surface area contributed by atoms with Crippen LogP contribution in [0, 0.1) is 0 Å². The van der Waals surface area contributed by atoms with Crippen molar-refractivity contribution in [3.63, 3.8) is 0 Å². The van der Waals surface area contributed by atoms with Crippen LogP contribution in [0.4, 0.5) is 0 Å². The van der Waals surface area contributed by atoms with Gasteiger partial charge in [0.25, 0.3) is 11.8 Å². The molecule has 0 fully saturated rings. The molecule has 0 radical (unpaired) electrons. The summed E-state index contributed by atoms with van der Waals surface area (Å²) in [6, 6.07) is 26.9. The van der Waals surface area contributed by atoms with E-state index in [-0.39, 0.29) is 11.8 Å². The van der Waals surface area contributed by atoms with E-state index in [1.807, 2.05) is 78.9 Å². The van der Waals surface area contributed by atoms with Crippen molar-refractivity contribution in [1.29, 1.82) is 0 Å². The minimum atomic E-state index is -0.229. The van der Waals surface area contributed by atoms with Crippen molar-refractivity contribution in [3.8, 4) is 0 Å². The van der Waals surface area contributed by atoms with Crippen molar-refractivity contribution >= 4 is 39.1 Å². The summed E-state index contributed by atoms with van der Waals surface area (Å²) in [5.74, 6) is -0.329. The molecule has 1 heterocycles. The summed E-state index contributed by atoms with van der Waals surface area (Å²) in [4.78, 5) is 32.2. The molecular weight excluding hydrogens is 498 g/mol. The molecule has 3 aromatic carbocycles. The maximum Gasteiger partial charge on any atom is 0.271 e. The van der Waals surface area contributed by atoms with Crippen LogP contribution in [0.15, 0.2) is 94.8 Å². The molecule has 33 heavy (non-hydrogen) atoms. The van der Waals surface area contributed by atoms with Gasteiger partial charge in [0.05, 0.1) is 12.1 Å². The SMILES string of the molecule is O=C(NCc1ccccc1)c1csc(CN(Cc2ccccc2)C(=O)c2ccccc2Br)n1. The van der Waals surface area contributed by atoms with Gasteiger partial charge in [0, 0.05) is 22.9 Å². The number of aromatic nitrogens is 1. The molecule has 4 aromatic rings. The normalized spacial score (nSPS) is 10.6. The summed E-state index contributed by atoms with van der Waals surface area (Å²) in [7, 11) is 0. The molecule has 166 valence electrons. The molecule has 1 N–H and O–H groups in total. The van der Waals surface area contributed by atoms with Crippen molar-refractivity contribution < 1.29 is 9.59 Å². The molecule has 0 aliphatic heterocycles. The quantitative estimate of drug-likeness (QED) is 0.325. The van der Waals surface area contributed by atoms with Crippen LogP contribution in [-0.2, 0) is 19.6 Å². The van der Waals surface area contributed by atoms with Crippen molar-refractivity contribution in [2.75, 3.05) is 0 Å². The number of halogens is 1. The van der Waals surface area contributed by atoms with Gasteiger partial charge in [0.1, 0.15) is 10.7 Å². The lowest BCUT2D eigenvalue weighted by atomic mass is 10.1. The number of nitrogens with one attached hydrogen (secondary N) is 1. The number of thiazole rings is 1. The lowest BCUT2D eigenvalue weighted by Crippen LogP contribution is -2.30. The summed E-state index contributed by atoms with van der Waals surface area (Å²) < 4.78 is 0.744. The summed E-state index contributed by atoms with van der Waals surface area (Å²) in [5.41, 5.74) is 2.99. The van der Waals surface area contributed by atoms with Gasteiger partial charge in [-0.1, -0.05) is 72.8 Å². The smallest absolute Gasteiger partial charge is 0.271 e. The molecule has 7 heteroatoms. The fourth-order valence-corrected chi connectivity index (χ4v) is 4.57. The van der Waals surface area contributed by atoms with Gasteiger partial charge in [-0.05, 0) is 39.2 Å². The maximum absolute atomic E-state index is 13.4. The van der Waals surface area contributed by atoms with E-state index in [1.54, 1.807) is 16.3 Å². The standard InChI is InChI=1S/C26H22BrN3O2S/c27-22-14-8-7-13-21(22)26(32)30(16-20-11-5-2-6-12-20)17-24-29-23(18-33-24)25(31)28-15-19-9-3-1-4-10-19/h1-14,18H,15-17H2,(H,28,31). The van der Waals surface area contributed by atoms with Crippen molar-refractivity contribution in [3.05, 3.63) is 122 Å². The molecule has 1 aromatic heterocycles. The highest BCUT2D eigenvalue weighted by Crippen LogP contribution is 2.22. The van der Waals surface area contributed by atoms with E-state index >= 15 is 0 Å². The number of hydrogen-bond donors (Lipinski definition) is 1. The highest BCUT2D eigenvalue weighted by molar-refractivity contribution is 9.10. The summed E-state index contributed by atoms with van der Waals surface area (Å²) in [6.07, 6.45) is 0. The first kappa shape index (κ1) is 22.9. The predicted octanol–water partition coefficient (Wildman–Crippen LogP) is 5.68. The average Bonchev–Trinajstić information content (AvgIpc) is 3.32. The first-order valence-electron chi connectivity index (χ1n) is 10.4. The zero-order chi connectivity index (χ0) is 23.0. The lowest BCUT2D eigenvalue weighted by molar-refractivity contribution is 0.0729. The van der Waals surface area contributed by atoms with Gasteiger partial charge in [-0.25, -0.2) is 4.98 Å². The van der Waals surface area contributed by atoms with E-state index in [2.05, 4.69) is 26.2 Å². The fourth-order valence-electron chi connectivity index (χ4n) is 3.33. The van der Waals surface area contributed by atoms with Gasteiger partial charge in [0.15, 0.2) is 0 Å². The number of nitrogens with zero attached hydrogens (tertiary/aromatic N) is 2. The number of carbonyl (C=O) groups excluding carboxylic acids is 2. The van der Waals surface area contributed by atoms with Crippen LogP contribution in [0.25, 0.3) is 0 Å². The van der Waals surface area contributed by atoms with Crippen LogP contribution in [0.2, 0.25) is 0 Å². The third-order valence-electron chi connectivity index (χ3n) is 5.01. The monoisotopic (exact) mass is 519 g/mol. The van der Waals surface area contributed by atoms with Crippen molar-refractivity contribution in [2.45, 2.75) is 19.6 Å². The van der Waals surface area contributed by atoms with Crippen LogP contribution < -0.4 is 5.32 Å². The van der Waals surface area contributed by atoms with Crippen LogP contribution in [-0.4, -0.2) is 21.7 Å². The molecule has 0 saturated heterocycles. The number of carbonyl (C=O) groups is 2. The molecule has 0 spiro atoms. The Balaban J connectivity index is 1.49. The summed E-state index contributed by atoms with van der Waals surface area (Å²) >= 11 is 4.86. The second-order valence-corrected chi connectivity index (χ2v) is 9.22. The van der Waals surface area contributed by atoms with Crippen molar-refractivity contribution in [2.24, 2.45) is 0 Å². The van der Waals surface area contributed by atoms with Gasteiger partial charge in [-0.15, -0.1) is 11.3 Å². The molecule has 0 aliphatic rings. The number of amides is 2. The average molecular weight is 520 g/mol. The Labute approximate surface area is 205 Å². The van der Waals surface area contributed by atoms with E-state index < -0.39 is 0 Å². The molecule has 0 atom stereocenters. The van der Waals surface area contributed by atoms with Crippen LogP contribution in [0.3, 0.4) is 0 Å². The number of hydrogen-bond acceptors (Lipinski definition) is 4. The molecule has 0 bridgehead atoms. The second-order valence-electron chi connectivity index (χ2n) is 7.42. The first-order chi connectivity index (χ1) is 16.1. The Morgan fingerprint density at radius 3 is 2.18 bits per heavy atom. The van der Waals surface area contributed by atoms with E-state index in [9.17, 15) is 9.59 Å². The van der Waals surface area contributed by atoms with Gasteiger partial charge >= 0.3 is 0 Å². The summed E-state index contributed by atoms with van der Waals surface area (Å²) in [6.45, 7) is 1.19. The van der Waals surface area contributed by atoms with E-state index in [0.29, 0.717) is 35.9 Å². The van der Waals surface area contributed by atoms with Crippen LogP contribution in [0.1, 0.15) is 37.0 Å². The third kappa shape index (κ3) is 6.15. The van der Waals surface area contributed by atoms with E-state index in [4.69, 9.17) is 0 Å². The Kier molecular flexibility index (Phi) is 7.65.